The van der Waals surface area contributed by atoms with Crippen LogP contribution in [0, 0.1) is 6.92 Å². The fourth-order valence-corrected chi connectivity index (χ4v) is 3.04. The lowest BCUT2D eigenvalue weighted by molar-refractivity contribution is 1.07. The van der Waals surface area contributed by atoms with Crippen molar-refractivity contribution in [1.82, 2.24) is 9.97 Å². The van der Waals surface area contributed by atoms with Crippen molar-refractivity contribution in [3.63, 3.8) is 0 Å². The van der Waals surface area contributed by atoms with Crippen molar-refractivity contribution in [2.75, 3.05) is 17.6 Å². The molecule has 0 aliphatic rings. The van der Waals surface area contributed by atoms with Crippen molar-refractivity contribution in [1.29, 1.82) is 0 Å². The van der Waals surface area contributed by atoms with Crippen molar-refractivity contribution in [3.8, 4) is 0 Å². The summed E-state index contributed by atoms with van der Waals surface area (Å²) in [5.41, 5.74) is 4.40. The molecule has 1 heterocycles. The molecule has 3 aromatic rings. The molecular formula is C16H16ClN3S. The van der Waals surface area contributed by atoms with Crippen molar-refractivity contribution in [2.24, 2.45) is 0 Å². The minimum atomic E-state index is 0.750. The molecule has 2 N–H and O–H groups in total. The monoisotopic (exact) mass is 317 g/mol. The van der Waals surface area contributed by atoms with Crippen LogP contribution in [0.15, 0.2) is 47.6 Å². The Bertz CT molecular complexity index is 754. The second kappa shape index (κ2) is 6.41. The standard InChI is InChI=1S/C16H16ClN3S/c1-11-5-6-14-15(9-11)20-16(19-14)21-8-7-18-13-4-2-3-12(17)10-13/h2-6,9-10,18H,7-8H2,1H3,(H,19,20). The van der Waals surface area contributed by atoms with Gasteiger partial charge in [0, 0.05) is 23.0 Å². The number of rotatable bonds is 5. The second-order valence-electron chi connectivity index (χ2n) is 4.85. The quantitative estimate of drug-likeness (QED) is 0.528. The van der Waals surface area contributed by atoms with E-state index in [1.807, 2.05) is 24.3 Å². The van der Waals surface area contributed by atoms with Gasteiger partial charge in [-0.25, -0.2) is 4.98 Å². The van der Waals surface area contributed by atoms with Crippen LogP contribution in [0.2, 0.25) is 5.02 Å². The van der Waals surface area contributed by atoms with Gasteiger partial charge in [0.1, 0.15) is 0 Å². The van der Waals surface area contributed by atoms with Crippen LogP contribution >= 0.6 is 23.4 Å². The molecule has 0 aliphatic heterocycles. The molecule has 0 radical (unpaired) electrons. The topological polar surface area (TPSA) is 40.7 Å². The number of H-pyrrole nitrogens is 1. The van der Waals surface area contributed by atoms with Crippen LogP contribution in [0.1, 0.15) is 5.56 Å². The lowest BCUT2D eigenvalue weighted by atomic mass is 10.2. The number of imidazole rings is 1. The Morgan fingerprint density at radius 2 is 2.14 bits per heavy atom. The van der Waals surface area contributed by atoms with Gasteiger partial charge in [-0.05, 0) is 42.8 Å². The van der Waals surface area contributed by atoms with Gasteiger partial charge in [0.05, 0.1) is 11.0 Å². The normalized spacial score (nSPS) is 11.0. The molecule has 0 bridgehead atoms. The SMILES string of the molecule is Cc1ccc2nc(SCCNc3cccc(Cl)c3)[nH]c2c1. The number of nitrogens with one attached hydrogen (secondary N) is 2. The highest BCUT2D eigenvalue weighted by molar-refractivity contribution is 7.99. The van der Waals surface area contributed by atoms with Crippen molar-refractivity contribution in [2.45, 2.75) is 12.1 Å². The van der Waals surface area contributed by atoms with Gasteiger partial charge in [-0.1, -0.05) is 35.5 Å². The summed E-state index contributed by atoms with van der Waals surface area (Å²) >= 11 is 7.66. The molecule has 0 aliphatic carbocycles. The first kappa shape index (κ1) is 14.3. The van der Waals surface area contributed by atoms with Crippen LogP contribution in [0.5, 0.6) is 0 Å². The molecule has 5 heteroatoms. The first-order valence-corrected chi connectivity index (χ1v) is 8.16. The highest BCUT2D eigenvalue weighted by Crippen LogP contribution is 2.20. The lowest BCUT2D eigenvalue weighted by Gasteiger charge is -2.05. The van der Waals surface area contributed by atoms with Gasteiger partial charge in [0.15, 0.2) is 5.16 Å². The second-order valence-corrected chi connectivity index (χ2v) is 6.37. The summed E-state index contributed by atoms with van der Waals surface area (Å²) in [6.07, 6.45) is 0. The first-order chi connectivity index (χ1) is 10.2. The molecule has 0 unspecified atom stereocenters. The van der Waals surface area contributed by atoms with E-state index in [9.17, 15) is 0 Å². The van der Waals surface area contributed by atoms with E-state index in [0.717, 1.165) is 39.2 Å². The van der Waals surface area contributed by atoms with E-state index in [1.54, 1.807) is 11.8 Å². The number of nitrogens with zero attached hydrogens (tertiary/aromatic N) is 1. The molecule has 1 aromatic heterocycles. The smallest absolute Gasteiger partial charge is 0.166 e. The zero-order valence-electron chi connectivity index (χ0n) is 11.7. The number of thioether (sulfide) groups is 1. The Balaban J connectivity index is 1.54. The number of benzene rings is 2. The maximum atomic E-state index is 5.95. The maximum Gasteiger partial charge on any atom is 0.166 e. The van der Waals surface area contributed by atoms with Crippen molar-refractivity contribution >= 4 is 40.1 Å². The number of hydrogen-bond donors (Lipinski definition) is 2. The largest absolute Gasteiger partial charge is 0.384 e. The number of halogens is 1. The third kappa shape index (κ3) is 3.71. The summed E-state index contributed by atoms with van der Waals surface area (Å²) in [6.45, 7) is 2.95. The van der Waals surface area contributed by atoms with E-state index in [-0.39, 0.29) is 0 Å². The Hall–Kier alpha value is -1.65. The average molecular weight is 318 g/mol. The van der Waals surface area contributed by atoms with Crippen LogP contribution < -0.4 is 5.32 Å². The van der Waals surface area contributed by atoms with Crippen molar-refractivity contribution in [3.05, 3.63) is 53.1 Å². The Morgan fingerprint density at radius 1 is 1.24 bits per heavy atom. The summed E-state index contributed by atoms with van der Waals surface area (Å²) in [5.74, 6) is 0.936. The van der Waals surface area contributed by atoms with Gasteiger partial charge in [-0.15, -0.1) is 0 Å². The van der Waals surface area contributed by atoms with Crippen molar-refractivity contribution < 1.29 is 0 Å². The number of aromatic amines is 1. The zero-order valence-corrected chi connectivity index (χ0v) is 13.3. The summed E-state index contributed by atoms with van der Waals surface area (Å²) in [5, 5.41) is 5.06. The van der Waals surface area contributed by atoms with Gasteiger partial charge in [-0.3, -0.25) is 0 Å². The zero-order chi connectivity index (χ0) is 14.7. The van der Waals surface area contributed by atoms with E-state index in [1.165, 1.54) is 5.56 Å². The van der Waals surface area contributed by atoms with Gasteiger partial charge in [0.2, 0.25) is 0 Å². The third-order valence-electron chi connectivity index (χ3n) is 3.11. The van der Waals surface area contributed by atoms with E-state index >= 15 is 0 Å². The molecule has 0 saturated heterocycles. The van der Waals surface area contributed by atoms with E-state index in [4.69, 9.17) is 11.6 Å². The van der Waals surface area contributed by atoms with E-state index in [2.05, 4.69) is 40.4 Å². The van der Waals surface area contributed by atoms with Crippen LogP contribution in [0.4, 0.5) is 5.69 Å². The molecular weight excluding hydrogens is 302 g/mol. The molecule has 0 spiro atoms. The van der Waals surface area contributed by atoms with Gasteiger partial charge >= 0.3 is 0 Å². The summed E-state index contributed by atoms with van der Waals surface area (Å²) in [4.78, 5) is 7.92. The van der Waals surface area contributed by atoms with E-state index in [0.29, 0.717) is 0 Å². The Kier molecular flexibility index (Phi) is 4.36. The van der Waals surface area contributed by atoms with Gasteiger partial charge < -0.3 is 10.3 Å². The third-order valence-corrected chi connectivity index (χ3v) is 4.22. The summed E-state index contributed by atoms with van der Waals surface area (Å²) in [7, 11) is 0. The predicted molar refractivity (Wildman–Crippen MR) is 91.5 cm³/mol. The number of aromatic nitrogens is 2. The number of anilines is 1. The van der Waals surface area contributed by atoms with Crippen LogP contribution in [0.25, 0.3) is 11.0 Å². The minimum absolute atomic E-state index is 0.750. The highest BCUT2D eigenvalue weighted by Gasteiger charge is 2.03. The lowest BCUT2D eigenvalue weighted by Crippen LogP contribution is -2.03. The molecule has 21 heavy (non-hydrogen) atoms. The molecule has 3 rings (SSSR count). The van der Waals surface area contributed by atoms with Crippen LogP contribution in [0.3, 0.4) is 0 Å². The first-order valence-electron chi connectivity index (χ1n) is 6.79. The summed E-state index contributed by atoms with van der Waals surface area (Å²) in [6, 6.07) is 14.0. The molecule has 0 fully saturated rings. The molecule has 0 amide bonds. The minimum Gasteiger partial charge on any atom is -0.384 e. The Labute approximate surface area is 133 Å². The molecule has 3 nitrogen and oxygen atoms in total. The number of hydrogen-bond acceptors (Lipinski definition) is 3. The fourth-order valence-electron chi connectivity index (χ4n) is 2.11. The molecule has 0 saturated carbocycles. The van der Waals surface area contributed by atoms with Crippen LogP contribution in [-0.2, 0) is 0 Å². The predicted octanol–water partition coefficient (Wildman–Crippen LogP) is 4.73. The Morgan fingerprint density at radius 3 is 3.00 bits per heavy atom. The number of fused-ring (bicyclic) bond motifs is 1. The highest BCUT2D eigenvalue weighted by atomic mass is 35.5. The molecule has 0 atom stereocenters. The van der Waals surface area contributed by atoms with Gasteiger partial charge in [-0.2, -0.15) is 0 Å². The van der Waals surface area contributed by atoms with E-state index < -0.39 is 0 Å². The maximum absolute atomic E-state index is 5.95. The molecule has 108 valence electrons. The fraction of sp³-hybridized carbons (Fsp3) is 0.188. The number of aryl methyl sites for hydroxylation is 1. The van der Waals surface area contributed by atoms with Gasteiger partial charge in [0.25, 0.3) is 0 Å². The van der Waals surface area contributed by atoms with Crippen LogP contribution in [-0.4, -0.2) is 22.3 Å². The molecule has 2 aromatic carbocycles. The summed E-state index contributed by atoms with van der Waals surface area (Å²) < 4.78 is 0. The average Bonchev–Trinajstić information content (AvgIpc) is 2.85.